The van der Waals surface area contributed by atoms with Gasteiger partial charge in [-0.25, -0.2) is 4.68 Å². The fourth-order valence-corrected chi connectivity index (χ4v) is 4.53. The van der Waals surface area contributed by atoms with Gasteiger partial charge in [-0.3, -0.25) is 4.79 Å². The lowest BCUT2D eigenvalue weighted by molar-refractivity contribution is -0.134. The smallest absolute Gasteiger partial charge is 0.227 e. The quantitative estimate of drug-likeness (QED) is 0.605. The van der Waals surface area contributed by atoms with Gasteiger partial charge < -0.3 is 9.80 Å². The van der Waals surface area contributed by atoms with Gasteiger partial charge in [0.25, 0.3) is 0 Å². The van der Waals surface area contributed by atoms with Crippen molar-refractivity contribution in [2.45, 2.75) is 46.5 Å². The SMILES string of the molecule is CCCCN(C)C(=O)C1CCCN(c2nnc(C)c3c(C)n(-c4ccccc4)nc23)C1. The molecule has 1 aromatic carbocycles. The van der Waals surface area contributed by atoms with Crippen molar-refractivity contribution in [1.29, 1.82) is 0 Å². The summed E-state index contributed by atoms with van der Waals surface area (Å²) < 4.78 is 1.97. The fraction of sp³-hybridized carbons (Fsp3) is 0.500. The van der Waals surface area contributed by atoms with Crippen molar-refractivity contribution in [2.24, 2.45) is 5.92 Å². The van der Waals surface area contributed by atoms with Crippen molar-refractivity contribution < 1.29 is 4.79 Å². The van der Waals surface area contributed by atoms with Gasteiger partial charge in [-0.1, -0.05) is 31.5 Å². The number of carbonyl (C=O) groups is 1. The third-order valence-electron chi connectivity index (χ3n) is 6.28. The maximum atomic E-state index is 13.0. The number of piperidine rings is 1. The lowest BCUT2D eigenvalue weighted by atomic mass is 9.96. The van der Waals surface area contributed by atoms with Crippen LogP contribution >= 0.6 is 0 Å². The van der Waals surface area contributed by atoms with Crippen molar-refractivity contribution >= 4 is 22.6 Å². The van der Waals surface area contributed by atoms with Crippen molar-refractivity contribution in [3.63, 3.8) is 0 Å². The van der Waals surface area contributed by atoms with E-state index in [1.54, 1.807) is 0 Å². The Morgan fingerprint density at radius 3 is 2.71 bits per heavy atom. The summed E-state index contributed by atoms with van der Waals surface area (Å²) in [6, 6.07) is 10.1. The van der Waals surface area contributed by atoms with E-state index in [2.05, 4.69) is 41.1 Å². The number of aromatic nitrogens is 4. The molecule has 1 aliphatic rings. The topological polar surface area (TPSA) is 67.2 Å². The highest BCUT2D eigenvalue weighted by molar-refractivity contribution is 5.92. The normalized spacial score (nSPS) is 16.6. The first kappa shape index (κ1) is 21.3. The van der Waals surface area contributed by atoms with E-state index < -0.39 is 0 Å². The number of anilines is 1. The number of hydrogen-bond donors (Lipinski definition) is 0. The lowest BCUT2D eigenvalue weighted by Crippen LogP contribution is -2.44. The minimum absolute atomic E-state index is 0.00827. The van der Waals surface area contributed by atoms with Crippen LogP contribution in [0.2, 0.25) is 0 Å². The summed E-state index contributed by atoms with van der Waals surface area (Å²) in [5.74, 6) is 1.01. The van der Waals surface area contributed by atoms with Gasteiger partial charge >= 0.3 is 0 Å². The van der Waals surface area contributed by atoms with Gasteiger partial charge in [-0.15, -0.1) is 5.10 Å². The van der Waals surface area contributed by atoms with Crippen LogP contribution in [0.4, 0.5) is 5.82 Å². The van der Waals surface area contributed by atoms with Crippen LogP contribution in [0.25, 0.3) is 16.6 Å². The van der Waals surface area contributed by atoms with Gasteiger partial charge in [0.05, 0.1) is 28.4 Å². The third kappa shape index (κ3) is 4.13. The molecule has 31 heavy (non-hydrogen) atoms. The van der Waals surface area contributed by atoms with E-state index in [4.69, 9.17) is 5.10 Å². The highest BCUT2D eigenvalue weighted by Crippen LogP contribution is 2.31. The molecule has 0 N–H and O–H groups in total. The van der Waals surface area contributed by atoms with Crippen LogP contribution in [0.3, 0.4) is 0 Å². The van der Waals surface area contributed by atoms with Crippen LogP contribution in [-0.4, -0.2) is 57.5 Å². The standard InChI is InChI=1S/C24H32N6O/c1-5-6-14-28(4)24(31)19-11-10-15-29(16-19)23-22-21(17(2)25-26-23)18(3)30(27-22)20-12-8-7-9-13-20/h7-9,12-13,19H,5-6,10-11,14-16H2,1-4H3. The van der Waals surface area contributed by atoms with Crippen LogP contribution in [0.15, 0.2) is 30.3 Å². The second kappa shape index (κ2) is 9.04. The first-order chi connectivity index (χ1) is 15.0. The lowest BCUT2D eigenvalue weighted by Gasteiger charge is -2.34. The molecule has 1 fully saturated rings. The number of amides is 1. The Kier molecular flexibility index (Phi) is 6.20. The third-order valence-corrected chi connectivity index (χ3v) is 6.28. The molecule has 0 bridgehead atoms. The molecule has 7 nitrogen and oxygen atoms in total. The van der Waals surface area contributed by atoms with Gasteiger partial charge in [-0.2, -0.15) is 10.2 Å². The Morgan fingerprint density at radius 1 is 1.19 bits per heavy atom. The summed E-state index contributed by atoms with van der Waals surface area (Å²) >= 11 is 0. The molecule has 2 aromatic heterocycles. The Hall–Kier alpha value is -2.96. The zero-order valence-corrected chi connectivity index (χ0v) is 19.0. The first-order valence-corrected chi connectivity index (χ1v) is 11.3. The molecule has 7 heteroatoms. The van der Waals surface area contributed by atoms with E-state index in [0.717, 1.165) is 72.6 Å². The van der Waals surface area contributed by atoms with Crippen molar-refractivity contribution in [3.05, 3.63) is 41.7 Å². The number of hydrogen-bond acceptors (Lipinski definition) is 5. The molecular formula is C24H32N6O. The zero-order valence-electron chi connectivity index (χ0n) is 19.0. The predicted octanol–water partition coefficient (Wildman–Crippen LogP) is 3.91. The van der Waals surface area contributed by atoms with Gasteiger partial charge in [0.2, 0.25) is 5.91 Å². The molecule has 164 valence electrons. The highest BCUT2D eigenvalue weighted by Gasteiger charge is 2.30. The molecule has 1 saturated heterocycles. The molecule has 1 aliphatic heterocycles. The summed E-state index contributed by atoms with van der Waals surface area (Å²) in [6.45, 7) is 8.56. The van der Waals surface area contributed by atoms with Crippen LogP contribution in [0, 0.1) is 19.8 Å². The molecule has 3 aromatic rings. The van der Waals surface area contributed by atoms with E-state index in [1.165, 1.54) is 0 Å². The summed E-state index contributed by atoms with van der Waals surface area (Å²) in [4.78, 5) is 17.1. The molecule has 0 radical (unpaired) electrons. The number of para-hydroxylation sites is 1. The summed E-state index contributed by atoms with van der Waals surface area (Å²) in [5.41, 5.74) is 3.81. The first-order valence-electron chi connectivity index (χ1n) is 11.3. The maximum absolute atomic E-state index is 13.0. The predicted molar refractivity (Wildman–Crippen MR) is 124 cm³/mol. The Morgan fingerprint density at radius 2 is 1.97 bits per heavy atom. The largest absolute Gasteiger partial charge is 0.352 e. The van der Waals surface area contributed by atoms with Gasteiger partial charge in [0.1, 0.15) is 5.52 Å². The van der Waals surface area contributed by atoms with Gasteiger partial charge in [-0.05, 0) is 45.2 Å². The summed E-state index contributed by atoms with van der Waals surface area (Å²) in [6.07, 6.45) is 4.02. The number of rotatable bonds is 6. The zero-order chi connectivity index (χ0) is 22.0. The fourth-order valence-electron chi connectivity index (χ4n) is 4.53. The molecular weight excluding hydrogens is 388 g/mol. The molecule has 1 unspecified atom stereocenters. The highest BCUT2D eigenvalue weighted by atomic mass is 16.2. The maximum Gasteiger partial charge on any atom is 0.227 e. The van der Waals surface area contributed by atoms with Crippen molar-refractivity contribution in [1.82, 2.24) is 24.9 Å². The van der Waals surface area contributed by atoms with E-state index >= 15 is 0 Å². The van der Waals surface area contributed by atoms with E-state index in [0.29, 0.717) is 6.54 Å². The molecule has 1 atom stereocenters. The summed E-state index contributed by atoms with van der Waals surface area (Å²) in [7, 11) is 1.92. The average molecular weight is 421 g/mol. The Bertz CT molecular complexity index is 1060. The second-order valence-corrected chi connectivity index (χ2v) is 8.56. The monoisotopic (exact) mass is 420 g/mol. The van der Waals surface area contributed by atoms with E-state index in [-0.39, 0.29) is 11.8 Å². The number of benzene rings is 1. The minimum atomic E-state index is -0.00827. The average Bonchev–Trinajstić information content (AvgIpc) is 3.16. The van der Waals surface area contributed by atoms with Crippen LogP contribution < -0.4 is 4.90 Å². The second-order valence-electron chi connectivity index (χ2n) is 8.56. The van der Waals surface area contributed by atoms with Crippen LogP contribution in [0.1, 0.15) is 44.0 Å². The Labute approximate surface area is 184 Å². The van der Waals surface area contributed by atoms with Crippen molar-refractivity contribution in [2.75, 3.05) is 31.6 Å². The molecule has 0 saturated carbocycles. The van der Waals surface area contributed by atoms with Gasteiger partial charge in [0.15, 0.2) is 5.82 Å². The number of nitrogens with zero attached hydrogens (tertiary/aromatic N) is 6. The summed E-state index contributed by atoms with van der Waals surface area (Å²) in [5, 5.41) is 15.0. The molecule has 4 rings (SSSR count). The number of unbranched alkanes of at least 4 members (excludes halogenated alkanes) is 1. The van der Waals surface area contributed by atoms with E-state index in [9.17, 15) is 4.79 Å². The van der Waals surface area contributed by atoms with Crippen LogP contribution in [0.5, 0.6) is 0 Å². The molecule has 0 spiro atoms. The number of fused-ring (bicyclic) bond motifs is 1. The van der Waals surface area contributed by atoms with E-state index in [1.807, 2.05) is 41.8 Å². The van der Waals surface area contributed by atoms with Crippen molar-refractivity contribution in [3.8, 4) is 5.69 Å². The Balaban J connectivity index is 1.66. The minimum Gasteiger partial charge on any atom is -0.352 e. The number of aryl methyl sites for hydroxylation is 2. The molecule has 3 heterocycles. The van der Waals surface area contributed by atoms with Gasteiger partial charge in [0, 0.05) is 26.7 Å². The number of carbonyl (C=O) groups excluding carboxylic acids is 1. The molecule has 1 amide bonds. The molecule has 0 aliphatic carbocycles. The van der Waals surface area contributed by atoms with Crippen LogP contribution in [-0.2, 0) is 4.79 Å².